The van der Waals surface area contributed by atoms with Gasteiger partial charge in [-0.1, -0.05) is 60.7 Å². The standard InChI is InChI=1S/C25H27N3O/c1-19-22(14-15-23(27-19)20-10-4-2-5-11-20)25(29)26-18-24(28-16-8-9-17-28)21-12-6-3-7-13-21/h2-7,10-15,24H,8-9,16-18H2,1H3,(H,26,29)/t24-/m0/s1. The summed E-state index contributed by atoms with van der Waals surface area (Å²) >= 11 is 0. The minimum Gasteiger partial charge on any atom is -0.350 e. The van der Waals surface area contributed by atoms with Crippen molar-refractivity contribution in [3.05, 3.63) is 89.6 Å². The molecule has 1 aromatic heterocycles. The van der Waals surface area contributed by atoms with Gasteiger partial charge in [0.15, 0.2) is 0 Å². The van der Waals surface area contributed by atoms with Crippen molar-refractivity contribution in [1.82, 2.24) is 15.2 Å². The number of rotatable bonds is 6. The summed E-state index contributed by atoms with van der Waals surface area (Å²) in [6.07, 6.45) is 2.45. The summed E-state index contributed by atoms with van der Waals surface area (Å²) in [6, 6.07) is 24.5. The molecule has 0 saturated carbocycles. The van der Waals surface area contributed by atoms with Gasteiger partial charge in [0.2, 0.25) is 0 Å². The van der Waals surface area contributed by atoms with Crippen LogP contribution in [0.4, 0.5) is 0 Å². The zero-order valence-corrected chi connectivity index (χ0v) is 16.8. The van der Waals surface area contributed by atoms with Gasteiger partial charge in [-0.05, 0) is 50.6 Å². The monoisotopic (exact) mass is 385 g/mol. The van der Waals surface area contributed by atoms with Crippen molar-refractivity contribution >= 4 is 5.91 Å². The summed E-state index contributed by atoms with van der Waals surface area (Å²) in [5.41, 5.74) is 4.59. The maximum absolute atomic E-state index is 12.9. The predicted octanol–water partition coefficient (Wildman–Crippen LogP) is 4.62. The van der Waals surface area contributed by atoms with Crippen LogP contribution in [0.1, 0.15) is 40.5 Å². The smallest absolute Gasteiger partial charge is 0.253 e. The lowest BCUT2D eigenvalue weighted by Gasteiger charge is -2.28. The van der Waals surface area contributed by atoms with Crippen LogP contribution in [0.15, 0.2) is 72.8 Å². The van der Waals surface area contributed by atoms with Crippen LogP contribution in [0.25, 0.3) is 11.3 Å². The molecule has 1 amide bonds. The molecule has 4 nitrogen and oxygen atoms in total. The average molecular weight is 386 g/mol. The molecule has 3 aromatic rings. The molecule has 0 unspecified atom stereocenters. The van der Waals surface area contributed by atoms with E-state index in [1.165, 1.54) is 18.4 Å². The molecule has 148 valence electrons. The minimum absolute atomic E-state index is 0.0604. The van der Waals surface area contributed by atoms with E-state index >= 15 is 0 Å². The number of carbonyl (C=O) groups is 1. The predicted molar refractivity (Wildman–Crippen MR) is 117 cm³/mol. The number of amides is 1. The van der Waals surface area contributed by atoms with Crippen LogP contribution in [0.3, 0.4) is 0 Å². The van der Waals surface area contributed by atoms with Gasteiger partial charge in [0.1, 0.15) is 0 Å². The van der Waals surface area contributed by atoms with E-state index < -0.39 is 0 Å². The maximum Gasteiger partial charge on any atom is 0.253 e. The van der Waals surface area contributed by atoms with Crippen LogP contribution >= 0.6 is 0 Å². The van der Waals surface area contributed by atoms with Crippen LogP contribution in [0.5, 0.6) is 0 Å². The third-order valence-corrected chi connectivity index (χ3v) is 5.62. The fourth-order valence-electron chi connectivity index (χ4n) is 4.04. The highest BCUT2D eigenvalue weighted by Crippen LogP contribution is 2.25. The van der Waals surface area contributed by atoms with Gasteiger partial charge in [0.05, 0.1) is 23.0 Å². The van der Waals surface area contributed by atoms with Crippen molar-refractivity contribution in [3.8, 4) is 11.3 Å². The summed E-state index contributed by atoms with van der Waals surface area (Å²) < 4.78 is 0. The molecule has 1 atom stereocenters. The highest BCUT2D eigenvalue weighted by atomic mass is 16.1. The van der Waals surface area contributed by atoms with E-state index in [1.54, 1.807) is 0 Å². The molecule has 0 aliphatic carbocycles. The van der Waals surface area contributed by atoms with E-state index in [1.807, 2.05) is 55.5 Å². The summed E-state index contributed by atoms with van der Waals surface area (Å²) in [6.45, 7) is 4.67. The number of carbonyl (C=O) groups excluding carboxylic acids is 1. The summed E-state index contributed by atoms with van der Waals surface area (Å²) in [4.78, 5) is 20.0. The Bertz CT molecular complexity index is 950. The molecule has 1 fully saturated rings. The molecule has 1 aliphatic heterocycles. The highest BCUT2D eigenvalue weighted by Gasteiger charge is 2.24. The van der Waals surface area contributed by atoms with Gasteiger partial charge in [-0.15, -0.1) is 0 Å². The van der Waals surface area contributed by atoms with Crippen molar-refractivity contribution in [1.29, 1.82) is 0 Å². The molecule has 1 saturated heterocycles. The maximum atomic E-state index is 12.9. The Kier molecular flexibility index (Phi) is 6.01. The van der Waals surface area contributed by atoms with Crippen molar-refractivity contribution in [2.45, 2.75) is 25.8 Å². The Labute approximate surface area is 172 Å². The number of hydrogen-bond acceptors (Lipinski definition) is 3. The number of pyridine rings is 1. The molecule has 0 radical (unpaired) electrons. The van der Waals surface area contributed by atoms with E-state index in [-0.39, 0.29) is 11.9 Å². The number of nitrogens with zero attached hydrogens (tertiary/aromatic N) is 2. The lowest BCUT2D eigenvalue weighted by atomic mass is 10.0. The lowest BCUT2D eigenvalue weighted by Crippen LogP contribution is -2.37. The zero-order valence-electron chi connectivity index (χ0n) is 16.8. The second-order valence-electron chi connectivity index (χ2n) is 7.58. The van der Waals surface area contributed by atoms with Gasteiger partial charge in [-0.3, -0.25) is 14.7 Å². The van der Waals surface area contributed by atoms with Crippen LogP contribution in [0, 0.1) is 6.92 Å². The first-order valence-electron chi connectivity index (χ1n) is 10.3. The van der Waals surface area contributed by atoms with Crippen molar-refractivity contribution < 1.29 is 4.79 Å². The van der Waals surface area contributed by atoms with Crippen molar-refractivity contribution in [2.75, 3.05) is 19.6 Å². The Balaban J connectivity index is 1.48. The molecular weight excluding hydrogens is 358 g/mol. The molecular formula is C25H27N3O. The first-order chi connectivity index (χ1) is 14.2. The molecule has 0 spiro atoms. The highest BCUT2D eigenvalue weighted by molar-refractivity contribution is 5.95. The number of nitrogens with one attached hydrogen (secondary N) is 1. The normalized spacial score (nSPS) is 15.2. The largest absolute Gasteiger partial charge is 0.350 e. The fraction of sp³-hybridized carbons (Fsp3) is 0.280. The Morgan fingerprint density at radius 1 is 0.966 bits per heavy atom. The quantitative estimate of drug-likeness (QED) is 0.673. The number of benzene rings is 2. The molecule has 29 heavy (non-hydrogen) atoms. The van der Waals surface area contributed by atoms with Gasteiger partial charge < -0.3 is 5.32 Å². The van der Waals surface area contributed by atoms with Gasteiger partial charge >= 0.3 is 0 Å². The van der Waals surface area contributed by atoms with E-state index in [4.69, 9.17) is 0 Å². The summed E-state index contributed by atoms with van der Waals surface area (Å²) in [7, 11) is 0. The fourth-order valence-corrected chi connectivity index (χ4v) is 4.04. The topological polar surface area (TPSA) is 45.2 Å². The number of aryl methyl sites for hydroxylation is 1. The number of hydrogen-bond donors (Lipinski definition) is 1. The third-order valence-electron chi connectivity index (χ3n) is 5.62. The van der Waals surface area contributed by atoms with Gasteiger partial charge in [-0.25, -0.2) is 0 Å². The van der Waals surface area contributed by atoms with Crippen molar-refractivity contribution in [2.24, 2.45) is 0 Å². The molecule has 4 rings (SSSR count). The minimum atomic E-state index is -0.0604. The third kappa shape index (κ3) is 4.54. The molecule has 1 N–H and O–H groups in total. The van der Waals surface area contributed by atoms with E-state index in [2.05, 4.69) is 39.5 Å². The molecule has 2 heterocycles. The molecule has 1 aliphatic rings. The Morgan fingerprint density at radius 3 is 2.28 bits per heavy atom. The first kappa shape index (κ1) is 19.3. The SMILES string of the molecule is Cc1nc(-c2ccccc2)ccc1C(=O)NC[C@@H](c1ccccc1)N1CCCC1. The molecule has 0 bridgehead atoms. The van der Waals surface area contributed by atoms with Crippen LogP contribution < -0.4 is 5.32 Å². The van der Waals surface area contributed by atoms with Gasteiger partial charge in [0, 0.05) is 12.1 Å². The number of aromatic nitrogens is 1. The zero-order chi connectivity index (χ0) is 20.1. The Morgan fingerprint density at radius 2 is 1.62 bits per heavy atom. The second-order valence-corrected chi connectivity index (χ2v) is 7.58. The average Bonchev–Trinajstić information content (AvgIpc) is 3.29. The molecule has 4 heteroatoms. The van der Waals surface area contributed by atoms with E-state index in [0.29, 0.717) is 12.1 Å². The van der Waals surface area contributed by atoms with E-state index in [0.717, 1.165) is 30.0 Å². The lowest BCUT2D eigenvalue weighted by molar-refractivity contribution is 0.0937. The number of likely N-dealkylation sites (tertiary alicyclic amines) is 1. The Hall–Kier alpha value is -2.98. The summed E-state index contributed by atoms with van der Waals surface area (Å²) in [5, 5.41) is 3.15. The first-order valence-corrected chi connectivity index (χ1v) is 10.3. The second kappa shape index (κ2) is 9.01. The van der Waals surface area contributed by atoms with Crippen molar-refractivity contribution in [3.63, 3.8) is 0 Å². The molecule has 2 aromatic carbocycles. The van der Waals surface area contributed by atoms with E-state index in [9.17, 15) is 4.79 Å². The van der Waals surface area contributed by atoms with Crippen LogP contribution in [0.2, 0.25) is 0 Å². The summed E-state index contributed by atoms with van der Waals surface area (Å²) in [5.74, 6) is -0.0604. The van der Waals surface area contributed by atoms with Gasteiger partial charge in [-0.2, -0.15) is 0 Å². The van der Waals surface area contributed by atoms with Crippen LogP contribution in [-0.4, -0.2) is 35.4 Å². The van der Waals surface area contributed by atoms with Crippen LogP contribution in [-0.2, 0) is 0 Å². The van der Waals surface area contributed by atoms with Gasteiger partial charge in [0.25, 0.3) is 5.91 Å².